The molecule has 0 bridgehead atoms. The second-order valence-corrected chi connectivity index (χ2v) is 8.91. The van der Waals surface area contributed by atoms with Crippen molar-refractivity contribution in [2.45, 2.75) is 26.0 Å². The van der Waals surface area contributed by atoms with Crippen LogP contribution in [-0.2, 0) is 20.9 Å². The van der Waals surface area contributed by atoms with E-state index in [1.165, 1.54) is 4.90 Å². The summed E-state index contributed by atoms with van der Waals surface area (Å²) in [4.78, 5) is 27.6. The van der Waals surface area contributed by atoms with Gasteiger partial charge in [0.1, 0.15) is 23.9 Å². The van der Waals surface area contributed by atoms with Gasteiger partial charge < -0.3 is 24.2 Å². The number of Topliss-reactive ketones (excluding diaryl/α,β-unsaturated/α-hetero) is 1. The second-order valence-electron chi connectivity index (χ2n) is 8.91. The summed E-state index contributed by atoms with van der Waals surface area (Å²) in [6.07, 6.45) is 0.559. The maximum atomic E-state index is 13.1. The molecule has 0 spiro atoms. The molecule has 3 aromatic carbocycles. The van der Waals surface area contributed by atoms with Crippen molar-refractivity contribution in [3.05, 3.63) is 101 Å². The van der Waals surface area contributed by atoms with E-state index in [-0.39, 0.29) is 11.3 Å². The minimum absolute atomic E-state index is 0.0565. The number of ether oxygens (including phenoxy) is 3. The van der Waals surface area contributed by atoms with Gasteiger partial charge in [-0.2, -0.15) is 0 Å². The Hall–Kier alpha value is -4.10. The molecule has 0 radical (unpaired) electrons. The molecule has 1 atom stereocenters. The number of carbonyl (C=O) groups excluding carboxylic acids is 2. The van der Waals surface area contributed by atoms with Gasteiger partial charge in [-0.15, -0.1) is 0 Å². The quantitative estimate of drug-likeness (QED) is 0.181. The summed E-state index contributed by atoms with van der Waals surface area (Å²) < 4.78 is 16.3. The molecule has 0 aromatic heterocycles. The smallest absolute Gasteiger partial charge is 0.295 e. The Balaban J connectivity index is 1.63. The van der Waals surface area contributed by atoms with Gasteiger partial charge in [0.15, 0.2) is 0 Å². The first-order valence-corrected chi connectivity index (χ1v) is 12.1. The third-order valence-corrected chi connectivity index (χ3v) is 6.33. The first-order chi connectivity index (χ1) is 17.9. The van der Waals surface area contributed by atoms with Crippen LogP contribution in [-0.4, -0.2) is 49.1 Å². The van der Waals surface area contributed by atoms with Crippen molar-refractivity contribution in [1.29, 1.82) is 0 Å². The highest BCUT2D eigenvalue weighted by molar-refractivity contribution is 6.46. The van der Waals surface area contributed by atoms with E-state index in [4.69, 9.17) is 14.2 Å². The Bertz CT molecular complexity index is 1280. The standard InChI is InChI=1S/C30H31NO6/c1-20-6-4-7-21(18-20)19-37-25-14-10-23(11-15-25)28(32)26-27(22-8-12-24(36-3)13-9-22)31(16-5-17-35-2)30(34)29(26)33/h4,6-15,18,27,32H,5,16-17,19H2,1-3H3/t27-/m0/s1. The number of benzene rings is 3. The number of nitrogens with zero attached hydrogens (tertiary/aromatic N) is 1. The highest BCUT2D eigenvalue weighted by Crippen LogP contribution is 2.40. The van der Waals surface area contributed by atoms with Gasteiger partial charge in [0.2, 0.25) is 0 Å². The Labute approximate surface area is 216 Å². The fraction of sp³-hybridized carbons (Fsp3) is 0.267. The minimum Gasteiger partial charge on any atom is -0.507 e. The summed E-state index contributed by atoms with van der Waals surface area (Å²) in [5, 5.41) is 11.2. The van der Waals surface area contributed by atoms with Crippen LogP contribution in [0.4, 0.5) is 0 Å². The Morgan fingerprint density at radius 1 is 0.946 bits per heavy atom. The van der Waals surface area contributed by atoms with Crippen molar-refractivity contribution in [1.82, 2.24) is 4.90 Å². The molecule has 1 saturated heterocycles. The van der Waals surface area contributed by atoms with E-state index in [1.54, 1.807) is 62.8 Å². The zero-order valence-electron chi connectivity index (χ0n) is 21.3. The van der Waals surface area contributed by atoms with Gasteiger partial charge in [0.05, 0.1) is 18.7 Å². The first-order valence-electron chi connectivity index (χ1n) is 12.1. The molecule has 1 amide bonds. The molecule has 7 heteroatoms. The van der Waals surface area contributed by atoms with E-state index in [2.05, 4.69) is 6.07 Å². The lowest BCUT2D eigenvalue weighted by atomic mass is 9.95. The molecule has 37 heavy (non-hydrogen) atoms. The third-order valence-electron chi connectivity index (χ3n) is 6.33. The van der Waals surface area contributed by atoms with Gasteiger partial charge in [-0.1, -0.05) is 42.0 Å². The maximum absolute atomic E-state index is 13.1. The number of carbonyl (C=O) groups is 2. The van der Waals surface area contributed by atoms with Crippen molar-refractivity contribution in [3.63, 3.8) is 0 Å². The lowest BCUT2D eigenvalue weighted by molar-refractivity contribution is -0.140. The van der Waals surface area contributed by atoms with E-state index in [9.17, 15) is 14.7 Å². The molecule has 0 saturated carbocycles. The number of hydrogen-bond donors (Lipinski definition) is 1. The molecule has 4 rings (SSSR count). The zero-order chi connectivity index (χ0) is 26.4. The maximum Gasteiger partial charge on any atom is 0.295 e. The molecule has 0 aliphatic carbocycles. The van der Waals surface area contributed by atoms with Gasteiger partial charge in [-0.25, -0.2) is 0 Å². The monoisotopic (exact) mass is 501 g/mol. The van der Waals surface area contributed by atoms with Crippen molar-refractivity contribution in [3.8, 4) is 11.5 Å². The van der Waals surface area contributed by atoms with Crippen LogP contribution in [0.3, 0.4) is 0 Å². The van der Waals surface area contributed by atoms with Crippen LogP contribution < -0.4 is 9.47 Å². The van der Waals surface area contributed by atoms with Crippen LogP contribution in [0.1, 0.15) is 34.7 Å². The van der Waals surface area contributed by atoms with E-state index in [0.29, 0.717) is 48.8 Å². The van der Waals surface area contributed by atoms with E-state index >= 15 is 0 Å². The topological polar surface area (TPSA) is 85.3 Å². The Morgan fingerprint density at radius 3 is 2.30 bits per heavy atom. The summed E-state index contributed by atoms with van der Waals surface area (Å²) >= 11 is 0. The Morgan fingerprint density at radius 2 is 1.65 bits per heavy atom. The lowest BCUT2D eigenvalue weighted by Gasteiger charge is -2.25. The van der Waals surface area contributed by atoms with Gasteiger partial charge in [0.25, 0.3) is 11.7 Å². The number of methoxy groups -OCH3 is 2. The lowest BCUT2D eigenvalue weighted by Crippen LogP contribution is -2.31. The predicted octanol–water partition coefficient (Wildman–Crippen LogP) is 5.04. The number of aliphatic hydroxyl groups excluding tert-OH is 1. The van der Waals surface area contributed by atoms with Crippen molar-refractivity contribution in [2.75, 3.05) is 27.4 Å². The van der Waals surface area contributed by atoms with Crippen molar-refractivity contribution < 1.29 is 28.9 Å². The van der Waals surface area contributed by atoms with Gasteiger partial charge in [-0.3, -0.25) is 9.59 Å². The van der Waals surface area contributed by atoms with Crippen LogP contribution in [0, 0.1) is 6.92 Å². The fourth-order valence-electron chi connectivity index (χ4n) is 4.46. The van der Waals surface area contributed by atoms with E-state index < -0.39 is 17.7 Å². The number of aryl methyl sites for hydroxylation is 1. The molecule has 7 nitrogen and oxygen atoms in total. The van der Waals surface area contributed by atoms with E-state index in [1.807, 2.05) is 25.1 Å². The number of hydrogen-bond acceptors (Lipinski definition) is 6. The highest BCUT2D eigenvalue weighted by Gasteiger charge is 2.45. The number of aliphatic hydroxyl groups is 1. The fourth-order valence-corrected chi connectivity index (χ4v) is 4.46. The average Bonchev–Trinajstić information content (AvgIpc) is 3.17. The Kier molecular flexibility index (Phi) is 8.25. The molecule has 3 aromatic rings. The normalized spacial score (nSPS) is 16.7. The minimum atomic E-state index is -0.722. The first kappa shape index (κ1) is 26.0. The van der Waals surface area contributed by atoms with Crippen molar-refractivity contribution in [2.24, 2.45) is 0 Å². The molecule has 0 unspecified atom stereocenters. The van der Waals surface area contributed by atoms with E-state index in [0.717, 1.165) is 11.1 Å². The molecular formula is C30H31NO6. The SMILES string of the molecule is COCCCN1C(=O)C(=O)C(=C(O)c2ccc(OCc3cccc(C)c3)cc2)[C@@H]1c1ccc(OC)cc1. The van der Waals surface area contributed by atoms with Gasteiger partial charge in [0, 0.05) is 25.8 Å². The van der Waals surface area contributed by atoms with Gasteiger partial charge >= 0.3 is 0 Å². The average molecular weight is 502 g/mol. The number of likely N-dealkylation sites (tertiary alicyclic amines) is 1. The summed E-state index contributed by atoms with van der Waals surface area (Å²) in [7, 11) is 3.16. The van der Waals surface area contributed by atoms with Crippen LogP contribution in [0.15, 0.2) is 78.4 Å². The number of rotatable bonds is 10. The zero-order valence-corrected chi connectivity index (χ0v) is 21.3. The summed E-state index contributed by atoms with van der Waals surface area (Å²) in [6, 6.07) is 21.3. The largest absolute Gasteiger partial charge is 0.507 e. The second kappa shape index (κ2) is 11.8. The molecule has 1 heterocycles. The molecule has 1 aliphatic rings. The van der Waals surface area contributed by atoms with Crippen LogP contribution in [0.2, 0.25) is 0 Å². The highest BCUT2D eigenvalue weighted by atomic mass is 16.5. The molecule has 192 valence electrons. The molecule has 1 fully saturated rings. The summed E-state index contributed by atoms with van der Waals surface area (Å²) in [5.41, 5.74) is 3.40. The summed E-state index contributed by atoms with van der Waals surface area (Å²) in [5.74, 6) is -0.295. The third kappa shape index (κ3) is 5.84. The predicted molar refractivity (Wildman–Crippen MR) is 140 cm³/mol. The van der Waals surface area contributed by atoms with Crippen LogP contribution in [0.5, 0.6) is 11.5 Å². The molecule has 1 N–H and O–H groups in total. The molecular weight excluding hydrogens is 470 g/mol. The van der Waals surface area contributed by atoms with Crippen LogP contribution in [0.25, 0.3) is 5.76 Å². The van der Waals surface area contributed by atoms with Gasteiger partial charge in [-0.05, 0) is 60.9 Å². The summed E-state index contributed by atoms with van der Waals surface area (Å²) in [6.45, 7) is 3.21. The van der Waals surface area contributed by atoms with Crippen LogP contribution >= 0.6 is 0 Å². The molecule has 1 aliphatic heterocycles. The number of amides is 1. The number of ketones is 1. The van der Waals surface area contributed by atoms with Crippen molar-refractivity contribution >= 4 is 17.4 Å².